The van der Waals surface area contributed by atoms with Gasteiger partial charge >= 0.3 is 0 Å². The Bertz CT molecular complexity index is 429. The van der Waals surface area contributed by atoms with Crippen LogP contribution in [0.5, 0.6) is 5.88 Å². The number of pyridine rings is 1. The molecule has 3 heterocycles. The van der Waals surface area contributed by atoms with Crippen LogP contribution >= 0.6 is 23.2 Å². The average Bonchev–Trinajstić information content (AvgIpc) is 2.35. The maximum Gasteiger partial charge on any atom is 0.234 e. The van der Waals surface area contributed by atoms with Crippen molar-refractivity contribution in [2.75, 3.05) is 0 Å². The highest BCUT2D eigenvalue weighted by atomic mass is 35.5. The maximum atomic E-state index is 6.10. The molecule has 1 unspecified atom stereocenters. The maximum absolute atomic E-state index is 6.10. The Morgan fingerprint density at radius 3 is 2.67 bits per heavy atom. The first-order valence-electron chi connectivity index (χ1n) is 6.45. The van der Waals surface area contributed by atoms with Gasteiger partial charge in [0, 0.05) is 18.3 Å². The zero-order valence-electron chi connectivity index (χ0n) is 10.0. The summed E-state index contributed by atoms with van der Waals surface area (Å²) in [6.07, 6.45) is 7.70. The molecule has 2 fully saturated rings. The fraction of sp³-hybridized carbons (Fsp3) is 0.615. The number of halogens is 2. The van der Waals surface area contributed by atoms with Crippen LogP contribution in [0.1, 0.15) is 32.1 Å². The molecule has 5 heteroatoms. The fourth-order valence-corrected chi connectivity index (χ4v) is 3.25. The number of nitrogens with zero attached hydrogens (tertiary/aromatic N) is 1. The lowest BCUT2D eigenvalue weighted by molar-refractivity contribution is 0.0890. The van der Waals surface area contributed by atoms with Crippen molar-refractivity contribution in [3.8, 4) is 5.88 Å². The lowest BCUT2D eigenvalue weighted by Crippen LogP contribution is -2.51. The molecule has 1 aromatic heterocycles. The highest BCUT2D eigenvalue weighted by molar-refractivity contribution is 6.42. The van der Waals surface area contributed by atoms with Gasteiger partial charge in [-0.1, -0.05) is 29.6 Å². The summed E-state index contributed by atoms with van der Waals surface area (Å²) in [4.78, 5) is 4.17. The van der Waals surface area contributed by atoms with Crippen molar-refractivity contribution in [1.29, 1.82) is 0 Å². The van der Waals surface area contributed by atoms with Crippen molar-refractivity contribution in [2.45, 2.75) is 50.3 Å². The molecular formula is C13H16Cl2N2O. The van der Waals surface area contributed by atoms with Crippen LogP contribution in [0.25, 0.3) is 0 Å². The molecule has 0 saturated carbocycles. The van der Waals surface area contributed by atoms with Gasteiger partial charge < -0.3 is 10.1 Å². The highest BCUT2D eigenvalue weighted by Gasteiger charge is 2.32. The molecule has 2 aliphatic rings. The number of ether oxygens (including phenoxy) is 1. The van der Waals surface area contributed by atoms with E-state index in [0.717, 1.165) is 12.8 Å². The molecular weight excluding hydrogens is 271 g/mol. The zero-order chi connectivity index (χ0) is 12.5. The number of rotatable bonds is 2. The summed E-state index contributed by atoms with van der Waals surface area (Å²) in [5.41, 5.74) is 0. The second kappa shape index (κ2) is 5.24. The first-order valence-corrected chi connectivity index (χ1v) is 7.20. The third kappa shape index (κ3) is 2.58. The summed E-state index contributed by atoms with van der Waals surface area (Å²) in [6.45, 7) is 0. The fourth-order valence-electron chi connectivity index (χ4n) is 2.95. The minimum absolute atomic E-state index is 0.199. The van der Waals surface area contributed by atoms with E-state index in [1.165, 1.54) is 19.3 Å². The van der Waals surface area contributed by atoms with Crippen LogP contribution in [-0.2, 0) is 0 Å². The molecule has 0 radical (unpaired) electrons. The van der Waals surface area contributed by atoms with E-state index in [2.05, 4.69) is 10.3 Å². The van der Waals surface area contributed by atoms with Crippen molar-refractivity contribution >= 4 is 23.2 Å². The minimum atomic E-state index is 0.199. The Hall–Kier alpha value is -0.510. The average molecular weight is 287 g/mol. The predicted octanol–water partition coefficient (Wildman–Crippen LogP) is 3.44. The Morgan fingerprint density at radius 2 is 1.94 bits per heavy atom. The van der Waals surface area contributed by atoms with E-state index < -0.39 is 0 Å². The van der Waals surface area contributed by atoms with E-state index in [-0.39, 0.29) is 6.10 Å². The van der Waals surface area contributed by atoms with E-state index >= 15 is 0 Å². The van der Waals surface area contributed by atoms with Crippen molar-refractivity contribution in [1.82, 2.24) is 10.3 Å². The van der Waals surface area contributed by atoms with E-state index in [1.807, 2.05) is 0 Å². The number of hydrogen-bond acceptors (Lipinski definition) is 3. The van der Waals surface area contributed by atoms with Gasteiger partial charge in [0.05, 0.1) is 5.02 Å². The van der Waals surface area contributed by atoms with Crippen LogP contribution in [0.15, 0.2) is 12.3 Å². The SMILES string of the molecule is Clc1ccnc(OC2C[C@H]3CCC[C@@H](C2)N3)c1Cl. The molecule has 0 aliphatic carbocycles. The van der Waals surface area contributed by atoms with Crippen molar-refractivity contribution in [2.24, 2.45) is 0 Å². The van der Waals surface area contributed by atoms with Crippen molar-refractivity contribution in [3.05, 3.63) is 22.3 Å². The second-order valence-corrected chi connectivity index (χ2v) is 5.90. The molecule has 2 bridgehead atoms. The number of piperidine rings is 2. The second-order valence-electron chi connectivity index (χ2n) is 5.11. The molecule has 0 aromatic carbocycles. The summed E-state index contributed by atoms with van der Waals surface area (Å²) in [5.74, 6) is 0.467. The number of fused-ring (bicyclic) bond motifs is 2. The van der Waals surface area contributed by atoms with Gasteiger partial charge in [-0.15, -0.1) is 0 Å². The molecule has 2 saturated heterocycles. The molecule has 1 N–H and O–H groups in total. The summed E-state index contributed by atoms with van der Waals surface area (Å²) in [5, 5.41) is 4.55. The highest BCUT2D eigenvalue weighted by Crippen LogP contribution is 2.33. The number of aromatic nitrogens is 1. The van der Waals surface area contributed by atoms with Gasteiger partial charge in [-0.25, -0.2) is 4.98 Å². The van der Waals surface area contributed by atoms with E-state index in [4.69, 9.17) is 27.9 Å². The molecule has 1 aromatic rings. The van der Waals surface area contributed by atoms with Gasteiger partial charge in [0.1, 0.15) is 11.1 Å². The third-order valence-corrected chi connectivity index (χ3v) is 4.54. The lowest BCUT2D eigenvalue weighted by Gasteiger charge is -2.40. The Kier molecular flexibility index (Phi) is 3.64. The summed E-state index contributed by atoms with van der Waals surface area (Å²) >= 11 is 12.1. The molecule has 2 aliphatic heterocycles. The molecule has 3 nitrogen and oxygen atoms in total. The first kappa shape index (κ1) is 12.5. The van der Waals surface area contributed by atoms with Crippen LogP contribution in [0.3, 0.4) is 0 Å². The quantitative estimate of drug-likeness (QED) is 0.904. The van der Waals surface area contributed by atoms with E-state index in [1.54, 1.807) is 12.3 Å². The zero-order valence-corrected chi connectivity index (χ0v) is 11.5. The molecule has 3 rings (SSSR count). The van der Waals surface area contributed by atoms with Gasteiger partial charge in [-0.2, -0.15) is 0 Å². The first-order chi connectivity index (χ1) is 8.72. The minimum Gasteiger partial charge on any atom is -0.473 e. The van der Waals surface area contributed by atoms with Gasteiger partial charge in [0.25, 0.3) is 0 Å². The summed E-state index contributed by atoms with van der Waals surface area (Å²) < 4.78 is 5.94. The smallest absolute Gasteiger partial charge is 0.234 e. The monoisotopic (exact) mass is 286 g/mol. The Balaban J connectivity index is 1.71. The number of hydrogen-bond donors (Lipinski definition) is 1. The van der Waals surface area contributed by atoms with Crippen LogP contribution in [0, 0.1) is 0 Å². The Morgan fingerprint density at radius 1 is 1.22 bits per heavy atom. The van der Waals surface area contributed by atoms with Crippen LogP contribution < -0.4 is 10.1 Å². The van der Waals surface area contributed by atoms with Gasteiger partial charge in [0.2, 0.25) is 5.88 Å². The van der Waals surface area contributed by atoms with Gasteiger partial charge in [0.15, 0.2) is 0 Å². The molecule has 3 atom stereocenters. The largest absolute Gasteiger partial charge is 0.473 e. The number of nitrogens with one attached hydrogen (secondary N) is 1. The van der Waals surface area contributed by atoms with Crippen LogP contribution in [0.2, 0.25) is 10.0 Å². The summed E-state index contributed by atoms with van der Waals surface area (Å²) in [6, 6.07) is 2.84. The predicted molar refractivity (Wildman–Crippen MR) is 72.5 cm³/mol. The summed E-state index contributed by atoms with van der Waals surface area (Å²) in [7, 11) is 0. The topological polar surface area (TPSA) is 34.1 Å². The molecule has 0 spiro atoms. The van der Waals surface area contributed by atoms with Crippen LogP contribution in [-0.4, -0.2) is 23.2 Å². The normalized spacial score (nSPS) is 31.1. The Labute approximate surface area is 117 Å². The van der Waals surface area contributed by atoms with E-state index in [9.17, 15) is 0 Å². The van der Waals surface area contributed by atoms with Gasteiger partial charge in [-0.05, 0) is 31.7 Å². The molecule has 0 amide bonds. The van der Waals surface area contributed by atoms with E-state index in [0.29, 0.717) is 28.0 Å². The van der Waals surface area contributed by atoms with Crippen LogP contribution in [0.4, 0.5) is 0 Å². The molecule has 98 valence electrons. The van der Waals surface area contributed by atoms with Crippen molar-refractivity contribution in [3.63, 3.8) is 0 Å². The van der Waals surface area contributed by atoms with Crippen molar-refractivity contribution < 1.29 is 4.74 Å². The standard InChI is InChI=1S/C13H16Cl2N2O/c14-11-4-5-16-13(12(11)15)18-10-6-8-2-1-3-9(7-10)17-8/h4-5,8-10,17H,1-3,6-7H2/t8-,9+,10?. The van der Waals surface area contributed by atoms with Gasteiger partial charge in [-0.3, -0.25) is 0 Å². The lowest BCUT2D eigenvalue weighted by atomic mass is 9.85. The third-order valence-electron chi connectivity index (χ3n) is 3.76. The molecule has 18 heavy (non-hydrogen) atoms.